The van der Waals surface area contributed by atoms with Crippen molar-refractivity contribution in [3.05, 3.63) is 53.6 Å². The lowest BCUT2D eigenvalue weighted by atomic mass is 10.00. The van der Waals surface area contributed by atoms with Crippen LogP contribution in [-0.4, -0.2) is 58.0 Å². The van der Waals surface area contributed by atoms with Gasteiger partial charge < -0.3 is 14.8 Å². The van der Waals surface area contributed by atoms with Gasteiger partial charge in [-0.1, -0.05) is 44.2 Å². The van der Waals surface area contributed by atoms with Crippen molar-refractivity contribution in [3.63, 3.8) is 0 Å². The van der Waals surface area contributed by atoms with Crippen LogP contribution in [0.25, 0.3) is 0 Å². The molecule has 1 aromatic heterocycles. The van der Waals surface area contributed by atoms with Gasteiger partial charge in [-0.15, -0.1) is 0 Å². The molecule has 6 heteroatoms. The molecule has 0 saturated carbocycles. The SMILES string of the molecule is CCN(CC)CCCNC(=O)C1c2c(ncn2C(C)C)CCN1Cc1ccccc1. The van der Waals surface area contributed by atoms with Crippen LogP contribution in [0.1, 0.15) is 63.2 Å². The molecule has 0 radical (unpaired) electrons. The van der Waals surface area contributed by atoms with E-state index in [-0.39, 0.29) is 18.0 Å². The lowest BCUT2D eigenvalue weighted by Crippen LogP contribution is -2.45. The van der Waals surface area contributed by atoms with Gasteiger partial charge in [0, 0.05) is 32.1 Å². The highest BCUT2D eigenvalue weighted by Gasteiger charge is 2.36. The highest BCUT2D eigenvalue weighted by molar-refractivity contribution is 5.83. The molecule has 1 aliphatic heterocycles. The molecule has 1 aliphatic rings. The second-order valence-electron chi connectivity index (χ2n) is 8.36. The molecular formula is C24H37N5O. The Kier molecular flexibility index (Phi) is 8.05. The van der Waals surface area contributed by atoms with E-state index < -0.39 is 0 Å². The number of nitrogens with zero attached hydrogens (tertiary/aromatic N) is 4. The summed E-state index contributed by atoms with van der Waals surface area (Å²) in [7, 11) is 0. The predicted molar refractivity (Wildman–Crippen MR) is 121 cm³/mol. The summed E-state index contributed by atoms with van der Waals surface area (Å²) in [4.78, 5) is 22.7. The Morgan fingerprint density at radius 2 is 1.97 bits per heavy atom. The smallest absolute Gasteiger partial charge is 0.243 e. The van der Waals surface area contributed by atoms with Crippen LogP contribution in [0.2, 0.25) is 0 Å². The zero-order valence-electron chi connectivity index (χ0n) is 19.0. The van der Waals surface area contributed by atoms with E-state index in [1.165, 1.54) is 5.56 Å². The first-order chi connectivity index (χ1) is 14.5. The molecule has 1 unspecified atom stereocenters. The number of benzene rings is 1. The number of amides is 1. The second-order valence-corrected chi connectivity index (χ2v) is 8.36. The molecule has 30 heavy (non-hydrogen) atoms. The van der Waals surface area contributed by atoms with Gasteiger partial charge >= 0.3 is 0 Å². The molecule has 0 fully saturated rings. The van der Waals surface area contributed by atoms with Gasteiger partial charge in [0.1, 0.15) is 6.04 Å². The third-order valence-electron chi connectivity index (χ3n) is 6.05. The van der Waals surface area contributed by atoms with Crippen molar-refractivity contribution in [1.82, 2.24) is 24.7 Å². The molecule has 0 spiro atoms. The number of rotatable bonds is 10. The Balaban J connectivity index is 1.77. The summed E-state index contributed by atoms with van der Waals surface area (Å²) in [6.07, 6.45) is 3.75. The Bertz CT molecular complexity index is 797. The lowest BCUT2D eigenvalue weighted by Gasteiger charge is -2.36. The first kappa shape index (κ1) is 22.5. The molecule has 1 N–H and O–H groups in total. The van der Waals surface area contributed by atoms with Crippen LogP contribution in [0, 0.1) is 0 Å². The Labute approximate surface area is 181 Å². The zero-order valence-corrected chi connectivity index (χ0v) is 19.0. The molecule has 0 bridgehead atoms. The quantitative estimate of drug-likeness (QED) is 0.609. The fourth-order valence-electron chi connectivity index (χ4n) is 4.29. The van der Waals surface area contributed by atoms with Gasteiger partial charge in [0.15, 0.2) is 0 Å². The van der Waals surface area contributed by atoms with Gasteiger partial charge in [0.05, 0.1) is 17.7 Å². The average Bonchev–Trinajstić information content (AvgIpc) is 3.19. The van der Waals surface area contributed by atoms with E-state index in [9.17, 15) is 4.79 Å². The Morgan fingerprint density at radius 1 is 1.23 bits per heavy atom. The lowest BCUT2D eigenvalue weighted by molar-refractivity contribution is -0.127. The van der Waals surface area contributed by atoms with E-state index >= 15 is 0 Å². The van der Waals surface area contributed by atoms with Gasteiger partial charge in [-0.25, -0.2) is 4.98 Å². The molecule has 0 saturated heterocycles. The van der Waals surface area contributed by atoms with Crippen LogP contribution < -0.4 is 5.32 Å². The predicted octanol–water partition coefficient (Wildman–Crippen LogP) is 3.41. The maximum absolute atomic E-state index is 13.4. The number of hydrogen-bond acceptors (Lipinski definition) is 4. The van der Waals surface area contributed by atoms with E-state index in [0.29, 0.717) is 6.54 Å². The van der Waals surface area contributed by atoms with Crippen molar-refractivity contribution >= 4 is 5.91 Å². The topological polar surface area (TPSA) is 53.4 Å². The molecule has 1 atom stereocenters. The van der Waals surface area contributed by atoms with Crippen molar-refractivity contribution in [2.45, 2.75) is 59.2 Å². The van der Waals surface area contributed by atoms with E-state index in [1.54, 1.807) is 0 Å². The van der Waals surface area contributed by atoms with Crippen LogP contribution in [0.4, 0.5) is 0 Å². The van der Waals surface area contributed by atoms with Crippen LogP contribution >= 0.6 is 0 Å². The highest BCUT2D eigenvalue weighted by atomic mass is 16.2. The second kappa shape index (κ2) is 10.7. The fraction of sp³-hybridized carbons (Fsp3) is 0.583. The summed E-state index contributed by atoms with van der Waals surface area (Å²) in [6, 6.07) is 10.4. The number of carbonyl (C=O) groups is 1. The molecule has 164 valence electrons. The molecule has 1 aromatic carbocycles. The first-order valence-electron chi connectivity index (χ1n) is 11.4. The van der Waals surface area contributed by atoms with Gasteiger partial charge in [0.25, 0.3) is 0 Å². The number of imidazole rings is 1. The average molecular weight is 412 g/mol. The standard InChI is InChI=1S/C24H37N5O/c1-5-27(6-2)15-10-14-25-24(30)23-22-21(26-18-29(22)19(3)4)13-16-28(23)17-20-11-8-7-9-12-20/h7-9,11-12,18-19,23H,5-6,10,13-17H2,1-4H3,(H,25,30). The Hall–Kier alpha value is -2.18. The van der Waals surface area contributed by atoms with Gasteiger partial charge in [0.2, 0.25) is 5.91 Å². The summed E-state index contributed by atoms with van der Waals surface area (Å²) in [5.41, 5.74) is 3.36. The van der Waals surface area contributed by atoms with Gasteiger partial charge in [-0.3, -0.25) is 9.69 Å². The number of hydrogen-bond donors (Lipinski definition) is 1. The maximum Gasteiger partial charge on any atom is 0.243 e. The summed E-state index contributed by atoms with van der Waals surface area (Å²) in [5, 5.41) is 3.22. The Morgan fingerprint density at radius 3 is 2.63 bits per heavy atom. The van der Waals surface area contributed by atoms with Gasteiger partial charge in [-0.2, -0.15) is 0 Å². The van der Waals surface area contributed by atoms with Crippen LogP contribution in [0.15, 0.2) is 36.7 Å². The van der Waals surface area contributed by atoms with E-state index in [0.717, 1.165) is 57.0 Å². The van der Waals surface area contributed by atoms with E-state index in [1.807, 2.05) is 12.4 Å². The van der Waals surface area contributed by atoms with Crippen LogP contribution in [0.3, 0.4) is 0 Å². The summed E-state index contributed by atoms with van der Waals surface area (Å²) >= 11 is 0. The largest absolute Gasteiger partial charge is 0.354 e. The van der Waals surface area contributed by atoms with E-state index in [4.69, 9.17) is 0 Å². The molecule has 3 rings (SSSR count). The normalized spacial score (nSPS) is 16.8. The summed E-state index contributed by atoms with van der Waals surface area (Å²) in [6.45, 7) is 14.1. The maximum atomic E-state index is 13.4. The minimum Gasteiger partial charge on any atom is -0.354 e. The summed E-state index contributed by atoms with van der Waals surface area (Å²) < 4.78 is 2.17. The van der Waals surface area contributed by atoms with E-state index in [2.05, 4.69) is 76.6 Å². The van der Waals surface area contributed by atoms with Crippen LogP contribution in [-0.2, 0) is 17.8 Å². The monoisotopic (exact) mass is 411 g/mol. The highest BCUT2D eigenvalue weighted by Crippen LogP contribution is 2.32. The van der Waals surface area contributed by atoms with Crippen molar-refractivity contribution < 1.29 is 4.79 Å². The fourth-order valence-corrected chi connectivity index (χ4v) is 4.29. The molecule has 1 amide bonds. The molecule has 2 aromatic rings. The number of fused-ring (bicyclic) bond motifs is 1. The van der Waals surface area contributed by atoms with Crippen molar-refractivity contribution in [2.75, 3.05) is 32.7 Å². The third-order valence-corrected chi connectivity index (χ3v) is 6.05. The van der Waals surface area contributed by atoms with Gasteiger partial charge in [-0.05, 0) is 45.5 Å². The summed E-state index contributed by atoms with van der Waals surface area (Å²) in [5.74, 6) is 0.0915. The minimum absolute atomic E-state index is 0.0915. The number of carbonyl (C=O) groups excluding carboxylic acids is 1. The molecule has 0 aliphatic carbocycles. The minimum atomic E-state index is -0.299. The first-order valence-corrected chi connectivity index (χ1v) is 11.4. The number of nitrogens with one attached hydrogen (secondary N) is 1. The van der Waals surface area contributed by atoms with Crippen LogP contribution in [0.5, 0.6) is 0 Å². The molecular weight excluding hydrogens is 374 g/mol. The number of aromatic nitrogens is 2. The third kappa shape index (κ3) is 5.29. The molecule has 6 nitrogen and oxygen atoms in total. The van der Waals surface area contributed by atoms with Crippen molar-refractivity contribution in [2.24, 2.45) is 0 Å². The van der Waals surface area contributed by atoms with Crippen molar-refractivity contribution in [1.29, 1.82) is 0 Å². The zero-order chi connectivity index (χ0) is 21.5. The molecule has 2 heterocycles. The van der Waals surface area contributed by atoms with Crippen molar-refractivity contribution in [3.8, 4) is 0 Å².